The molecule has 0 aliphatic carbocycles. The third-order valence-electron chi connectivity index (χ3n) is 3.74. The molecule has 1 aliphatic rings. The van der Waals surface area contributed by atoms with Crippen molar-refractivity contribution in [3.8, 4) is 6.07 Å². The number of nitrogens with zero attached hydrogens (tertiary/aromatic N) is 1. The summed E-state index contributed by atoms with van der Waals surface area (Å²) in [6.45, 7) is 0.819. The van der Waals surface area contributed by atoms with Crippen LogP contribution in [-0.2, 0) is 9.53 Å². The summed E-state index contributed by atoms with van der Waals surface area (Å²) in [6, 6.07) is 8.26. The minimum Gasteiger partial charge on any atom is -0.481 e. The van der Waals surface area contributed by atoms with Gasteiger partial charge in [-0.25, -0.2) is 0 Å². The van der Waals surface area contributed by atoms with Gasteiger partial charge in [-0.3, -0.25) is 9.59 Å². The van der Waals surface area contributed by atoms with Crippen LogP contribution in [0.4, 0.5) is 0 Å². The second-order valence-electron chi connectivity index (χ2n) is 5.07. The lowest BCUT2D eigenvalue weighted by molar-refractivity contribution is -0.154. The average molecular weight is 288 g/mol. The van der Waals surface area contributed by atoms with Crippen molar-refractivity contribution < 1.29 is 19.4 Å². The van der Waals surface area contributed by atoms with E-state index < -0.39 is 11.4 Å². The molecule has 2 rings (SSSR count). The Morgan fingerprint density at radius 2 is 2.10 bits per heavy atom. The number of benzene rings is 1. The number of carboxylic acid groups (broad SMARTS) is 1. The molecule has 0 bridgehead atoms. The van der Waals surface area contributed by atoms with Crippen LogP contribution in [0.1, 0.15) is 28.8 Å². The maximum atomic E-state index is 12.1. The molecular weight excluding hydrogens is 272 g/mol. The third-order valence-corrected chi connectivity index (χ3v) is 3.74. The predicted octanol–water partition coefficient (Wildman–Crippen LogP) is 1.17. The van der Waals surface area contributed by atoms with E-state index in [-0.39, 0.29) is 12.5 Å². The molecule has 2 N–H and O–H groups in total. The van der Waals surface area contributed by atoms with Crippen molar-refractivity contribution in [3.63, 3.8) is 0 Å². The third kappa shape index (κ3) is 3.38. The molecule has 0 saturated carbocycles. The highest BCUT2D eigenvalue weighted by Crippen LogP contribution is 2.30. The van der Waals surface area contributed by atoms with Crippen LogP contribution in [-0.4, -0.2) is 36.7 Å². The van der Waals surface area contributed by atoms with Gasteiger partial charge in [-0.1, -0.05) is 6.07 Å². The molecular formula is C15H16N2O4. The fourth-order valence-electron chi connectivity index (χ4n) is 2.31. The lowest BCUT2D eigenvalue weighted by Crippen LogP contribution is -2.46. The zero-order valence-electron chi connectivity index (χ0n) is 11.5. The second-order valence-corrected chi connectivity index (χ2v) is 5.07. The van der Waals surface area contributed by atoms with E-state index in [1.54, 1.807) is 18.2 Å². The van der Waals surface area contributed by atoms with Gasteiger partial charge >= 0.3 is 5.97 Å². The van der Waals surface area contributed by atoms with Gasteiger partial charge in [0.2, 0.25) is 0 Å². The van der Waals surface area contributed by atoms with Gasteiger partial charge in [-0.05, 0) is 31.0 Å². The Labute approximate surface area is 122 Å². The summed E-state index contributed by atoms with van der Waals surface area (Å²) in [7, 11) is 0. The molecule has 0 radical (unpaired) electrons. The summed E-state index contributed by atoms with van der Waals surface area (Å²) in [4.78, 5) is 23.6. The minimum atomic E-state index is -0.971. The number of nitrogens with one attached hydrogen (secondary N) is 1. The van der Waals surface area contributed by atoms with Gasteiger partial charge in [0, 0.05) is 25.3 Å². The number of hydrogen-bond donors (Lipinski definition) is 2. The summed E-state index contributed by atoms with van der Waals surface area (Å²) in [5, 5.41) is 20.9. The average Bonchev–Trinajstić information content (AvgIpc) is 2.53. The van der Waals surface area contributed by atoms with E-state index in [0.29, 0.717) is 37.2 Å². The maximum absolute atomic E-state index is 12.1. The molecule has 1 saturated heterocycles. The Morgan fingerprint density at radius 1 is 1.38 bits per heavy atom. The van der Waals surface area contributed by atoms with Crippen LogP contribution in [0.5, 0.6) is 0 Å². The van der Waals surface area contributed by atoms with Crippen LogP contribution >= 0.6 is 0 Å². The van der Waals surface area contributed by atoms with E-state index in [9.17, 15) is 14.7 Å². The Hall–Kier alpha value is -2.39. The van der Waals surface area contributed by atoms with Crippen LogP contribution in [0.2, 0.25) is 0 Å². The van der Waals surface area contributed by atoms with Crippen molar-refractivity contribution >= 4 is 11.9 Å². The first-order chi connectivity index (χ1) is 10.1. The van der Waals surface area contributed by atoms with E-state index in [1.807, 2.05) is 6.07 Å². The molecule has 0 aromatic heterocycles. The van der Waals surface area contributed by atoms with Crippen molar-refractivity contribution in [2.45, 2.75) is 12.8 Å². The number of carbonyl (C=O) groups is 2. The van der Waals surface area contributed by atoms with Gasteiger partial charge in [0.1, 0.15) is 0 Å². The number of rotatable bonds is 4. The van der Waals surface area contributed by atoms with E-state index in [0.717, 1.165) is 0 Å². The minimum absolute atomic E-state index is 0.0569. The van der Waals surface area contributed by atoms with Crippen molar-refractivity contribution in [1.82, 2.24) is 5.32 Å². The molecule has 1 aliphatic heterocycles. The van der Waals surface area contributed by atoms with Gasteiger partial charge in [0.05, 0.1) is 17.0 Å². The van der Waals surface area contributed by atoms with Crippen LogP contribution in [0.15, 0.2) is 24.3 Å². The van der Waals surface area contributed by atoms with E-state index >= 15 is 0 Å². The fourth-order valence-corrected chi connectivity index (χ4v) is 2.31. The topological polar surface area (TPSA) is 99.4 Å². The molecule has 21 heavy (non-hydrogen) atoms. The standard InChI is InChI=1S/C15H16N2O4/c16-9-11-2-1-3-12(8-11)13(18)17-10-15(14(19)20)4-6-21-7-5-15/h1-3,8H,4-7,10H2,(H,17,18)(H,19,20). The Kier molecular flexibility index (Phi) is 4.55. The van der Waals surface area contributed by atoms with Crippen LogP contribution in [0.25, 0.3) is 0 Å². The first-order valence-corrected chi connectivity index (χ1v) is 6.67. The summed E-state index contributed by atoms with van der Waals surface area (Å²) in [5.74, 6) is -1.30. The van der Waals surface area contributed by atoms with Gasteiger partial charge in [-0.2, -0.15) is 5.26 Å². The molecule has 1 aromatic rings. The maximum Gasteiger partial charge on any atom is 0.311 e. The molecule has 1 amide bonds. The van der Waals surface area contributed by atoms with Crippen molar-refractivity contribution in [2.24, 2.45) is 5.41 Å². The number of ether oxygens (including phenoxy) is 1. The van der Waals surface area contributed by atoms with Crippen LogP contribution < -0.4 is 5.32 Å². The number of nitriles is 1. The van der Waals surface area contributed by atoms with Gasteiger partial charge in [0.25, 0.3) is 5.91 Å². The smallest absolute Gasteiger partial charge is 0.311 e. The zero-order chi connectivity index (χ0) is 15.3. The summed E-state index contributed by atoms with van der Waals surface area (Å²) >= 11 is 0. The van der Waals surface area contributed by atoms with Gasteiger partial charge < -0.3 is 15.2 Å². The highest BCUT2D eigenvalue weighted by atomic mass is 16.5. The number of aliphatic carboxylic acids is 1. The predicted molar refractivity (Wildman–Crippen MR) is 73.6 cm³/mol. The van der Waals surface area contributed by atoms with E-state index in [2.05, 4.69) is 5.32 Å². The lowest BCUT2D eigenvalue weighted by Gasteiger charge is -2.33. The molecule has 0 spiro atoms. The quantitative estimate of drug-likeness (QED) is 0.866. The number of amides is 1. The van der Waals surface area contributed by atoms with Crippen molar-refractivity contribution in [2.75, 3.05) is 19.8 Å². The first-order valence-electron chi connectivity index (χ1n) is 6.67. The van der Waals surface area contributed by atoms with Crippen LogP contribution in [0.3, 0.4) is 0 Å². The monoisotopic (exact) mass is 288 g/mol. The lowest BCUT2D eigenvalue weighted by atomic mass is 9.80. The molecule has 1 aromatic carbocycles. The second kappa shape index (κ2) is 6.37. The first kappa shape index (κ1) is 15.0. The molecule has 0 unspecified atom stereocenters. The van der Waals surface area contributed by atoms with Crippen LogP contribution in [0, 0.1) is 16.7 Å². The van der Waals surface area contributed by atoms with Gasteiger partial charge in [0.15, 0.2) is 0 Å². The van der Waals surface area contributed by atoms with E-state index in [4.69, 9.17) is 10.00 Å². The molecule has 6 nitrogen and oxygen atoms in total. The largest absolute Gasteiger partial charge is 0.481 e. The van der Waals surface area contributed by atoms with Crippen molar-refractivity contribution in [3.05, 3.63) is 35.4 Å². The molecule has 110 valence electrons. The summed E-state index contributed by atoms with van der Waals surface area (Å²) < 4.78 is 5.18. The Balaban J connectivity index is 2.05. The Bertz CT molecular complexity index is 586. The number of carboxylic acids is 1. The normalized spacial score (nSPS) is 16.7. The molecule has 6 heteroatoms. The summed E-state index contributed by atoms with van der Waals surface area (Å²) in [6.07, 6.45) is 0.752. The number of hydrogen-bond acceptors (Lipinski definition) is 4. The molecule has 1 heterocycles. The molecule has 0 atom stereocenters. The zero-order valence-corrected chi connectivity index (χ0v) is 11.5. The van der Waals surface area contributed by atoms with E-state index in [1.165, 1.54) is 6.07 Å². The summed E-state index contributed by atoms with van der Waals surface area (Å²) in [5.41, 5.74) is -0.232. The number of carbonyl (C=O) groups excluding carboxylic acids is 1. The molecule has 1 fully saturated rings. The fraction of sp³-hybridized carbons (Fsp3) is 0.400. The highest BCUT2D eigenvalue weighted by molar-refractivity contribution is 5.94. The highest BCUT2D eigenvalue weighted by Gasteiger charge is 2.40. The van der Waals surface area contributed by atoms with Crippen molar-refractivity contribution in [1.29, 1.82) is 5.26 Å². The SMILES string of the molecule is N#Cc1cccc(C(=O)NCC2(C(=O)O)CCOCC2)c1. The van der Waals surface area contributed by atoms with Gasteiger partial charge in [-0.15, -0.1) is 0 Å². The Morgan fingerprint density at radius 3 is 2.71 bits per heavy atom.